The van der Waals surface area contributed by atoms with Crippen molar-refractivity contribution in [1.82, 2.24) is 14.9 Å². The van der Waals surface area contributed by atoms with E-state index in [0.717, 1.165) is 10.0 Å². The van der Waals surface area contributed by atoms with Gasteiger partial charge in [-0.1, -0.05) is 39.8 Å². The van der Waals surface area contributed by atoms with Gasteiger partial charge in [0.05, 0.1) is 12.9 Å². The van der Waals surface area contributed by atoms with Crippen molar-refractivity contribution in [3.63, 3.8) is 0 Å². The van der Waals surface area contributed by atoms with Crippen molar-refractivity contribution in [2.45, 2.75) is 5.16 Å². The Hall–Kier alpha value is -2.32. The minimum Gasteiger partial charge on any atom is -0.497 e. The summed E-state index contributed by atoms with van der Waals surface area (Å²) in [7, 11) is 1.59. The molecule has 0 unspecified atom stereocenters. The van der Waals surface area contributed by atoms with Gasteiger partial charge in [-0.15, -0.1) is 10.2 Å². The lowest BCUT2D eigenvalue weighted by molar-refractivity contribution is 0.102. The molecule has 6 nitrogen and oxygen atoms in total. The number of thioether (sulfide) groups is 1. The number of benzene rings is 2. The second-order valence-corrected chi connectivity index (χ2v) is 6.98. The Balaban J connectivity index is 1.69. The van der Waals surface area contributed by atoms with E-state index in [1.165, 1.54) is 16.4 Å². The number of nitrogens with two attached hydrogens (primary N) is 1. The van der Waals surface area contributed by atoms with Gasteiger partial charge in [-0.05, 0) is 36.4 Å². The fourth-order valence-electron chi connectivity index (χ4n) is 2.16. The fourth-order valence-corrected chi connectivity index (χ4v) is 3.18. The van der Waals surface area contributed by atoms with Crippen LogP contribution in [0.5, 0.6) is 5.75 Å². The number of Topliss-reactive ketones (excluding diaryl/α,β-unsaturated/α-hetero) is 1. The summed E-state index contributed by atoms with van der Waals surface area (Å²) in [6.07, 6.45) is 0. The quantitative estimate of drug-likeness (QED) is 0.375. The first-order valence-corrected chi connectivity index (χ1v) is 9.13. The van der Waals surface area contributed by atoms with E-state index in [9.17, 15) is 4.79 Å². The third-order valence-corrected chi connectivity index (χ3v) is 4.98. The summed E-state index contributed by atoms with van der Waals surface area (Å²) < 4.78 is 7.46. The van der Waals surface area contributed by atoms with Gasteiger partial charge >= 0.3 is 0 Å². The molecule has 0 aliphatic heterocycles. The molecule has 128 valence electrons. The number of halogens is 1. The molecule has 0 amide bonds. The summed E-state index contributed by atoms with van der Waals surface area (Å²) in [5.41, 5.74) is 1.47. The summed E-state index contributed by atoms with van der Waals surface area (Å²) >= 11 is 4.64. The molecule has 1 aromatic heterocycles. The summed E-state index contributed by atoms with van der Waals surface area (Å²) in [6.45, 7) is 0. The summed E-state index contributed by atoms with van der Waals surface area (Å²) in [5, 5.41) is 8.67. The molecule has 2 N–H and O–H groups in total. The van der Waals surface area contributed by atoms with Crippen LogP contribution in [0.15, 0.2) is 58.2 Å². The van der Waals surface area contributed by atoms with Gasteiger partial charge in [0.1, 0.15) is 5.75 Å². The first-order valence-electron chi connectivity index (χ1n) is 7.35. The highest BCUT2D eigenvalue weighted by molar-refractivity contribution is 9.10. The van der Waals surface area contributed by atoms with Crippen LogP contribution in [-0.4, -0.2) is 33.5 Å². The Morgan fingerprint density at radius 3 is 2.48 bits per heavy atom. The van der Waals surface area contributed by atoms with E-state index in [2.05, 4.69) is 26.1 Å². The fraction of sp³-hybridized carbons (Fsp3) is 0.118. The van der Waals surface area contributed by atoms with Crippen LogP contribution in [0.1, 0.15) is 10.4 Å². The third-order valence-electron chi connectivity index (χ3n) is 3.51. The Kier molecular flexibility index (Phi) is 5.40. The van der Waals surface area contributed by atoms with Crippen LogP contribution in [0.25, 0.3) is 11.4 Å². The molecule has 0 aliphatic rings. The monoisotopic (exact) mass is 418 g/mol. The molecule has 0 aliphatic carbocycles. The number of hydrogen-bond donors (Lipinski definition) is 1. The number of ether oxygens (including phenoxy) is 1. The standard InChI is InChI=1S/C17H15BrN4O2S/c1-24-14-8-4-11(5-9-14)15(23)10-25-17-21-20-16(22(17)19)12-2-6-13(18)7-3-12/h2-9H,10,19H2,1H3. The lowest BCUT2D eigenvalue weighted by Crippen LogP contribution is -2.12. The normalized spacial score (nSPS) is 10.6. The van der Waals surface area contributed by atoms with Gasteiger partial charge in [-0.25, -0.2) is 4.68 Å². The first-order chi connectivity index (χ1) is 12.1. The Labute approximate surface area is 157 Å². The van der Waals surface area contributed by atoms with Gasteiger partial charge in [-0.2, -0.15) is 0 Å². The van der Waals surface area contributed by atoms with Gasteiger partial charge in [0.2, 0.25) is 5.16 Å². The largest absolute Gasteiger partial charge is 0.497 e. The molecule has 0 saturated heterocycles. The second kappa shape index (κ2) is 7.71. The van der Waals surface area contributed by atoms with Gasteiger partial charge in [0, 0.05) is 15.6 Å². The topological polar surface area (TPSA) is 83.0 Å². The van der Waals surface area contributed by atoms with Crippen LogP contribution < -0.4 is 10.6 Å². The van der Waals surface area contributed by atoms with Crippen molar-refractivity contribution in [3.05, 3.63) is 58.6 Å². The maximum absolute atomic E-state index is 12.3. The predicted molar refractivity (Wildman–Crippen MR) is 101 cm³/mol. The second-order valence-electron chi connectivity index (χ2n) is 5.12. The predicted octanol–water partition coefficient (Wildman–Crippen LogP) is 3.41. The van der Waals surface area contributed by atoms with E-state index in [0.29, 0.717) is 22.3 Å². The maximum atomic E-state index is 12.3. The molecule has 1 heterocycles. The van der Waals surface area contributed by atoms with Crippen LogP contribution in [-0.2, 0) is 0 Å². The van der Waals surface area contributed by atoms with Crippen molar-refractivity contribution in [2.75, 3.05) is 18.7 Å². The van der Waals surface area contributed by atoms with E-state index in [4.69, 9.17) is 10.6 Å². The molecular weight excluding hydrogens is 404 g/mol. The molecule has 25 heavy (non-hydrogen) atoms. The van der Waals surface area contributed by atoms with E-state index < -0.39 is 0 Å². The zero-order valence-electron chi connectivity index (χ0n) is 13.3. The van der Waals surface area contributed by atoms with Crippen LogP contribution in [0, 0.1) is 0 Å². The number of nitrogen functional groups attached to an aromatic ring is 1. The van der Waals surface area contributed by atoms with Crippen LogP contribution >= 0.6 is 27.7 Å². The Morgan fingerprint density at radius 2 is 1.84 bits per heavy atom. The van der Waals surface area contributed by atoms with Gasteiger partial charge < -0.3 is 10.6 Å². The summed E-state index contributed by atoms with van der Waals surface area (Å²) in [4.78, 5) is 12.3. The first kappa shape index (κ1) is 17.5. The van der Waals surface area contributed by atoms with Crippen molar-refractivity contribution < 1.29 is 9.53 Å². The van der Waals surface area contributed by atoms with E-state index in [1.54, 1.807) is 31.4 Å². The Bertz CT molecular complexity index is 879. The molecule has 0 atom stereocenters. The molecule has 0 saturated carbocycles. The lowest BCUT2D eigenvalue weighted by Gasteiger charge is -2.04. The minimum atomic E-state index is -0.0131. The summed E-state index contributed by atoms with van der Waals surface area (Å²) in [5.74, 6) is 7.54. The molecule has 0 spiro atoms. The number of ketones is 1. The van der Waals surface area contributed by atoms with Crippen LogP contribution in [0.3, 0.4) is 0 Å². The number of hydrogen-bond acceptors (Lipinski definition) is 6. The highest BCUT2D eigenvalue weighted by atomic mass is 79.9. The smallest absolute Gasteiger partial charge is 0.210 e. The number of carbonyl (C=O) groups is 1. The van der Waals surface area contributed by atoms with Gasteiger partial charge in [-0.3, -0.25) is 4.79 Å². The van der Waals surface area contributed by atoms with Gasteiger partial charge in [0.15, 0.2) is 11.6 Å². The number of methoxy groups -OCH3 is 1. The van der Waals surface area contributed by atoms with Crippen molar-refractivity contribution in [1.29, 1.82) is 0 Å². The number of rotatable bonds is 6. The molecule has 3 rings (SSSR count). The molecule has 0 radical (unpaired) electrons. The number of aromatic nitrogens is 3. The van der Waals surface area contributed by atoms with Crippen molar-refractivity contribution in [2.24, 2.45) is 0 Å². The minimum absolute atomic E-state index is 0.0131. The third kappa shape index (κ3) is 4.02. The average Bonchev–Trinajstić information content (AvgIpc) is 3.01. The van der Waals surface area contributed by atoms with Crippen LogP contribution in [0.4, 0.5) is 0 Å². The molecule has 2 aromatic carbocycles. The molecule has 0 fully saturated rings. The molecular formula is C17H15BrN4O2S. The van der Waals surface area contributed by atoms with E-state index in [-0.39, 0.29) is 11.5 Å². The number of nitrogens with zero attached hydrogens (tertiary/aromatic N) is 3. The zero-order valence-corrected chi connectivity index (χ0v) is 15.8. The van der Waals surface area contributed by atoms with Crippen molar-refractivity contribution in [3.8, 4) is 17.1 Å². The maximum Gasteiger partial charge on any atom is 0.210 e. The summed E-state index contributed by atoms with van der Waals surface area (Å²) in [6, 6.07) is 14.6. The van der Waals surface area contributed by atoms with E-state index >= 15 is 0 Å². The van der Waals surface area contributed by atoms with E-state index in [1.807, 2.05) is 24.3 Å². The van der Waals surface area contributed by atoms with Crippen LogP contribution in [0.2, 0.25) is 0 Å². The van der Waals surface area contributed by atoms with Crippen molar-refractivity contribution >= 4 is 33.5 Å². The molecule has 0 bridgehead atoms. The SMILES string of the molecule is COc1ccc(C(=O)CSc2nnc(-c3ccc(Br)cc3)n2N)cc1. The zero-order chi connectivity index (χ0) is 17.8. The highest BCUT2D eigenvalue weighted by Gasteiger charge is 2.14. The lowest BCUT2D eigenvalue weighted by atomic mass is 10.1. The Morgan fingerprint density at radius 1 is 1.16 bits per heavy atom. The number of carbonyl (C=O) groups excluding carboxylic acids is 1. The highest BCUT2D eigenvalue weighted by Crippen LogP contribution is 2.24. The molecule has 8 heteroatoms. The van der Waals surface area contributed by atoms with Gasteiger partial charge in [0.25, 0.3) is 0 Å². The molecule has 3 aromatic rings. The average molecular weight is 419 g/mol.